The van der Waals surface area contributed by atoms with Crippen molar-refractivity contribution in [2.45, 2.75) is 19.8 Å². The average Bonchev–Trinajstić information content (AvgIpc) is 2.48. The van der Waals surface area contributed by atoms with E-state index in [0.29, 0.717) is 17.0 Å². The molecule has 2 heterocycles. The molecule has 5 N–H and O–H groups in total. The molecule has 1 unspecified atom stereocenters. The number of allylic oxidation sites excluding steroid dienone is 1. The minimum absolute atomic E-state index is 0.203. The summed E-state index contributed by atoms with van der Waals surface area (Å²) in [5, 5.41) is 12.4. The first-order valence-electron chi connectivity index (χ1n) is 7.02. The van der Waals surface area contributed by atoms with Gasteiger partial charge in [-0.2, -0.15) is 5.26 Å². The van der Waals surface area contributed by atoms with Gasteiger partial charge in [0.05, 0.1) is 23.1 Å². The first-order valence-corrected chi connectivity index (χ1v) is 7.43. The first kappa shape index (κ1) is 15.1. The van der Waals surface area contributed by atoms with Gasteiger partial charge in [0.1, 0.15) is 11.6 Å². The largest absolute Gasteiger partial charge is 0.384 e. The molecule has 0 spiro atoms. The number of nitrogens with zero attached hydrogens (tertiary/aromatic N) is 1. The Kier molecular flexibility index (Phi) is 3.54. The SMILES string of the molecule is Cc1ccc(C)c(C2C(C#N)=C(N)Nc3[nH]c(=S)[nH]c(=O)c32)c1. The Morgan fingerprint density at radius 1 is 1.30 bits per heavy atom. The monoisotopic (exact) mass is 325 g/mol. The van der Waals surface area contributed by atoms with Gasteiger partial charge in [-0.1, -0.05) is 23.8 Å². The molecule has 3 rings (SSSR count). The summed E-state index contributed by atoms with van der Waals surface area (Å²) in [6.45, 7) is 3.91. The Morgan fingerprint density at radius 2 is 2.04 bits per heavy atom. The molecule has 1 aromatic heterocycles. The number of aromatic amines is 2. The topological polar surface area (TPSA) is 110 Å². The van der Waals surface area contributed by atoms with Crippen LogP contribution in [0.1, 0.15) is 28.2 Å². The molecule has 2 aromatic rings. The van der Waals surface area contributed by atoms with Crippen LogP contribution in [-0.2, 0) is 0 Å². The Balaban J connectivity index is 2.39. The summed E-state index contributed by atoms with van der Waals surface area (Å²) in [5.41, 5.74) is 9.31. The maximum atomic E-state index is 12.5. The number of H-pyrrole nitrogens is 2. The highest BCUT2D eigenvalue weighted by molar-refractivity contribution is 7.71. The van der Waals surface area contributed by atoms with Crippen LogP contribution in [-0.4, -0.2) is 9.97 Å². The number of hydrogen-bond acceptors (Lipinski definition) is 5. The van der Waals surface area contributed by atoms with E-state index in [4.69, 9.17) is 18.0 Å². The van der Waals surface area contributed by atoms with Crippen LogP contribution in [0, 0.1) is 29.9 Å². The Morgan fingerprint density at radius 3 is 2.74 bits per heavy atom. The van der Waals surface area contributed by atoms with Gasteiger partial charge >= 0.3 is 0 Å². The summed E-state index contributed by atoms with van der Waals surface area (Å²) in [4.78, 5) is 18.0. The van der Waals surface area contributed by atoms with Gasteiger partial charge < -0.3 is 16.0 Å². The van der Waals surface area contributed by atoms with E-state index in [2.05, 4.69) is 21.4 Å². The fraction of sp³-hybridized carbons (Fsp3) is 0.188. The zero-order chi connectivity index (χ0) is 16.7. The van der Waals surface area contributed by atoms with Crippen molar-refractivity contribution in [1.29, 1.82) is 5.26 Å². The summed E-state index contributed by atoms with van der Waals surface area (Å²) in [6.07, 6.45) is 0. The number of nitriles is 1. The fourth-order valence-corrected chi connectivity index (χ4v) is 3.07. The van der Waals surface area contributed by atoms with Crippen LogP contribution in [0.15, 0.2) is 34.4 Å². The molecule has 0 bridgehead atoms. The van der Waals surface area contributed by atoms with Crippen LogP contribution in [0.2, 0.25) is 0 Å². The maximum Gasteiger partial charge on any atom is 0.258 e. The lowest BCUT2D eigenvalue weighted by Gasteiger charge is -2.27. The number of fused-ring (bicyclic) bond motifs is 1. The molecule has 116 valence electrons. The highest BCUT2D eigenvalue weighted by Gasteiger charge is 2.32. The predicted molar refractivity (Wildman–Crippen MR) is 90.5 cm³/mol. The number of aromatic nitrogens is 2. The zero-order valence-corrected chi connectivity index (χ0v) is 13.5. The van der Waals surface area contributed by atoms with E-state index in [9.17, 15) is 10.1 Å². The number of anilines is 1. The zero-order valence-electron chi connectivity index (χ0n) is 12.7. The van der Waals surface area contributed by atoms with Crippen LogP contribution in [0.4, 0.5) is 5.82 Å². The van der Waals surface area contributed by atoms with Crippen molar-refractivity contribution in [2.75, 3.05) is 5.32 Å². The van der Waals surface area contributed by atoms with Gasteiger partial charge in [-0.05, 0) is 37.2 Å². The molecule has 1 aromatic carbocycles. The summed E-state index contributed by atoms with van der Waals surface area (Å²) in [6, 6.07) is 8.06. The second-order valence-corrected chi connectivity index (χ2v) is 5.96. The van der Waals surface area contributed by atoms with Crippen molar-refractivity contribution >= 4 is 18.0 Å². The lowest BCUT2D eigenvalue weighted by molar-refractivity contribution is 0.867. The van der Waals surface area contributed by atoms with Crippen molar-refractivity contribution in [1.82, 2.24) is 9.97 Å². The fourth-order valence-electron chi connectivity index (χ4n) is 2.88. The smallest absolute Gasteiger partial charge is 0.258 e. The molecule has 0 aliphatic carbocycles. The minimum Gasteiger partial charge on any atom is -0.384 e. The third-order valence-electron chi connectivity index (χ3n) is 3.97. The number of benzene rings is 1. The second-order valence-electron chi connectivity index (χ2n) is 5.55. The Bertz CT molecular complexity index is 993. The van der Waals surface area contributed by atoms with Gasteiger partial charge in [-0.25, -0.2) is 0 Å². The average molecular weight is 325 g/mol. The number of nitrogens with one attached hydrogen (secondary N) is 3. The van der Waals surface area contributed by atoms with Crippen LogP contribution < -0.4 is 16.6 Å². The third kappa shape index (κ3) is 2.43. The van der Waals surface area contributed by atoms with Crippen molar-refractivity contribution in [3.8, 4) is 6.07 Å². The van der Waals surface area contributed by atoms with Crippen molar-refractivity contribution in [2.24, 2.45) is 5.73 Å². The third-order valence-corrected chi connectivity index (χ3v) is 4.18. The standard InChI is InChI=1S/C16H15N5OS/c1-7-3-4-8(2)9(5-7)11-10(6-17)13(18)19-14-12(11)15(22)21-16(23)20-14/h3-5,11H,18H2,1-2H3,(H3,19,20,21,22,23). The van der Waals surface area contributed by atoms with E-state index < -0.39 is 5.92 Å². The Labute approximate surface area is 137 Å². The maximum absolute atomic E-state index is 12.5. The van der Waals surface area contributed by atoms with Crippen molar-refractivity contribution < 1.29 is 0 Å². The number of hydrogen-bond donors (Lipinski definition) is 4. The van der Waals surface area contributed by atoms with E-state index in [-0.39, 0.29) is 16.2 Å². The van der Waals surface area contributed by atoms with Crippen molar-refractivity contribution in [3.63, 3.8) is 0 Å². The quantitative estimate of drug-likeness (QED) is 0.601. The molecule has 6 nitrogen and oxygen atoms in total. The molecular weight excluding hydrogens is 310 g/mol. The molecule has 1 aliphatic rings. The van der Waals surface area contributed by atoms with Crippen molar-refractivity contribution in [3.05, 3.63) is 67.0 Å². The van der Waals surface area contributed by atoms with E-state index >= 15 is 0 Å². The van der Waals surface area contributed by atoms with Crippen LogP contribution in [0.3, 0.4) is 0 Å². The molecule has 0 saturated heterocycles. The van der Waals surface area contributed by atoms with Crippen LogP contribution in [0.5, 0.6) is 0 Å². The predicted octanol–water partition coefficient (Wildman–Crippen LogP) is 2.30. The molecule has 7 heteroatoms. The number of nitrogens with two attached hydrogens (primary N) is 1. The summed E-state index contributed by atoms with van der Waals surface area (Å²) >= 11 is 5.01. The van der Waals surface area contributed by atoms with Crippen LogP contribution in [0.25, 0.3) is 0 Å². The molecule has 0 amide bonds. The van der Waals surface area contributed by atoms with Gasteiger partial charge in [0.15, 0.2) is 4.77 Å². The molecule has 23 heavy (non-hydrogen) atoms. The second kappa shape index (κ2) is 5.41. The first-order chi connectivity index (χ1) is 10.9. The highest BCUT2D eigenvalue weighted by Crippen LogP contribution is 2.38. The molecule has 0 fully saturated rings. The Hall–Kier alpha value is -2.85. The summed E-state index contributed by atoms with van der Waals surface area (Å²) < 4.78 is 0.203. The number of aryl methyl sites for hydroxylation is 2. The van der Waals surface area contributed by atoms with E-state index in [1.54, 1.807) is 0 Å². The summed E-state index contributed by atoms with van der Waals surface area (Å²) in [5.74, 6) is 0.120. The van der Waals surface area contributed by atoms with E-state index in [1.807, 2.05) is 32.0 Å². The van der Waals surface area contributed by atoms with Gasteiger partial charge in [0.25, 0.3) is 5.56 Å². The molecule has 0 radical (unpaired) electrons. The minimum atomic E-state index is -0.535. The van der Waals surface area contributed by atoms with Gasteiger partial charge in [-0.3, -0.25) is 9.78 Å². The van der Waals surface area contributed by atoms with Crippen LogP contribution >= 0.6 is 12.2 Å². The summed E-state index contributed by atoms with van der Waals surface area (Å²) in [7, 11) is 0. The lowest BCUT2D eigenvalue weighted by atomic mass is 9.81. The van der Waals surface area contributed by atoms with Gasteiger partial charge in [0, 0.05) is 0 Å². The lowest BCUT2D eigenvalue weighted by Crippen LogP contribution is -2.30. The molecule has 1 atom stereocenters. The number of rotatable bonds is 1. The molecule has 1 aliphatic heterocycles. The normalized spacial score (nSPS) is 16.5. The van der Waals surface area contributed by atoms with Gasteiger partial charge in [-0.15, -0.1) is 0 Å². The molecular formula is C16H15N5OS. The van der Waals surface area contributed by atoms with E-state index in [0.717, 1.165) is 16.7 Å². The van der Waals surface area contributed by atoms with Gasteiger partial charge in [0.2, 0.25) is 0 Å². The molecule has 0 saturated carbocycles. The highest BCUT2D eigenvalue weighted by atomic mass is 32.1. The van der Waals surface area contributed by atoms with E-state index in [1.165, 1.54) is 0 Å².